The number of hydrogen-bond acceptors (Lipinski definition) is 4. The van der Waals surface area contributed by atoms with Gasteiger partial charge in [0.15, 0.2) is 0 Å². The predicted octanol–water partition coefficient (Wildman–Crippen LogP) is 2.01. The van der Waals surface area contributed by atoms with Crippen molar-refractivity contribution in [1.82, 2.24) is 10.3 Å². The topological polar surface area (TPSA) is 105 Å². The first-order valence-corrected chi connectivity index (χ1v) is 7.78. The minimum absolute atomic E-state index is 0.213. The molecule has 0 atom stereocenters. The van der Waals surface area contributed by atoms with Crippen LogP contribution in [0.15, 0.2) is 54.7 Å². The summed E-state index contributed by atoms with van der Waals surface area (Å²) < 4.78 is 0. The van der Waals surface area contributed by atoms with E-state index in [1.165, 1.54) is 6.20 Å². The van der Waals surface area contributed by atoms with Crippen LogP contribution >= 0.6 is 0 Å². The number of aromatic nitrogens is 1. The summed E-state index contributed by atoms with van der Waals surface area (Å²) in [5.74, 6) is -0.548. The fourth-order valence-electron chi connectivity index (χ4n) is 2.49. The van der Waals surface area contributed by atoms with Crippen molar-refractivity contribution < 1.29 is 14.7 Å². The van der Waals surface area contributed by atoms with Crippen LogP contribution in [0.2, 0.25) is 0 Å². The van der Waals surface area contributed by atoms with Crippen molar-refractivity contribution >= 4 is 22.7 Å². The van der Waals surface area contributed by atoms with E-state index in [1.807, 2.05) is 12.1 Å². The minimum atomic E-state index is -0.523. The molecule has 0 spiro atoms. The van der Waals surface area contributed by atoms with Gasteiger partial charge >= 0.3 is 0 Å². The van der Waals surface area contributed by atoms with Crippen LogP contribution in [0.3, 0.4) is 0 Å². The molecule has 4 N–H and O–H groups in total. The maximum atomic E-state index is 12.3. The quantitative estimate of drug-likeness (QED) is 0.663. The molecule has 0 saturated heterocycles. The normalized spacial score (nSPS) is 10.6. The number of primary amides is 1. The summed E-state index contributed by atoms with van der Waals surface area (Å²) in [6.07, 6.45) is 2.15. The van der Waals surface area contributed by atoms with Gasteiger partial charge in [0.1, 0.15) is 5.75 Å². The number of nitrogens with two attached hydrogens (primary N) is 1. The summed E-state index contributed by atoms with van der Waals surface area (Å²) in [5, 5.41) is 12.8. The molecule has 0 aliphatic carbocycles. The number of aromatic hydroxyl groups is 1. The first kappa shape index (κ1) is 16.4. The lowest BCUT2D eigenvalue weighted by atomic mass is 10.1. The monoisotopic (exact) mass is 335 g/mol. The van der Waals surface area contributed by atoms with Gasteiger partial charge in [0.25, 0.3) is 5.91 Å². The highest BCUT2D eigenvalue weighted by Gasteiger charge is 2.08. The van der Waals surface area contributed by atoms with Gasteiger partial charge in [-0.2, -0.15) is 0 Å². The molecule has 0 aliphatic heterocycles. The zero-order chi connectivity index (χ0) is 17.8. The van der Waals surface area contributed by atoms with Crippen molar-refractivity contribution in [3.8, 4) is 5.75 Å². The molecular formula is C19H17N3O3. The van der Waals surface area contributed by atoms with E-state index in [4.69, 9.17) is 5.73 Å². The number of carbonyl (C=O) groups is 2. The number of rotatable bonds is 5. The molecule has 0 radical (unpaired) electrons. The number of nitrogens with zero attached hydrogens (tertiary/aromatic N) is 1. The van der Waals surface area contributed by atoms with Crippen LogP contribution in [0.5, 0.6) is 5.75 Å². The lowest BCUT2D eigenvalue weighted by Gasteiger charge is -2.07. The average molecular weight is 335 g/mol. The third-order valence-electron chi connectivity index (χ3n) is 3.86. The second-order valence-electron chi connectivity index (χ2n) is 5.67. The molecule has 1 aromatic heterocycles. The molecule has 0 aliphatic rings. The number of hydrogen-bond donors (Lipinski definition) is 3. The predicted molar refractivity (Wildman–Crippen MR) is 94.4 cm³/mol. The number of benzene rings is 2. The van der Waals surface area contributed by atoms with Gasteiger partial charge in [0, 0.05) is 23.7 Å². The van der Waals surface area contributed by atoms with Gasteiger partial charge in [0.2, 0.25) is 5.91 Å². The molecule has 0 bridgehead atoms. The number of fused-ring (bicyclic) bond motifs is 1. The molecule has 6 heteroatoms. The van der Waals surface area contributed by atoms with Gasteiger partial charge in [0.05, 0.1) is 11.1 Å². The number of phenolic OH excluding ortho intramolecular Hbond substituents is 1. The lowest BCUT2D eigenvalue weighted by Crippen LogP contribution is -2.25. The Balaban J connectivity index is 1.68. The third kappa shape index (κ3) is 3.92. The van der Waals surface area contributed by atoms with Crippen molar-refractivity contribution in [3.63, 3.8) is 0 Å². The molecule has 1 heterocycles. The molecule has 0 fully saturated rings. The second kappa shape index (κ2) is 7.00. The van der Waals surface area contributed by atoms with Crippen LogP contribution in [0.4, 0.5) is 0 Å². The first-order valence-electron chi connectivity index (χ1n) is 7.78. The van der Waals surface area contributed by atoms with Gasteiger partial charge in [-0.25, -0.2) is 0 Å². The Morgan fingerprint density at radius 2 is 1.76 bits per heavy atom. The van der Waals surface area contributed by atoms with Crippen LogP contribution in [0.1, 0.15) is 26.3 Å². The molecular weight excluding hydrogens is 318 g/mol. The number of amides is 2. The maximum absolute atomic E-state index is 12.3. The zero-order valence-electron chi connectivity index (χ0n) is 13.4. The van der Waals surface area contributed by atoms with E-state index < -0.39 is 5.91 Å². The summed E-state index contributed by atoms with van der Waals surface area (Å²) in [6, 6.07) is 13.5. The highest BCUT2D eigenvalue weighted by atomic mass is 16.3. The summed E-state index contributed by atoms with van der Waals surface area (Å²) >= 11 is 0. The van der Waals surface area contributed by atoms with E-state index in [0.717, 1.165) is 5.56 Å². The van der Waals surface area contributed by atoms with Crippen molar-refractivity contribution in [3.05, 3.63) is 71.4 Å². The number of phenols is 1. The average Bonchev–Trinajstić information content (AvgIpc) is 2.62. The Kier molecular flexibility index (Phi) is 4.61. The number of carbonyl (C=O) groups excluding carboxylic acids is 2. The Bertz CT molecular complexity index is 936. The molecule has 2 aromatic carbocycles. The number of nitrogens with one attached hydrogen (secondary N) is 1. The van der Waals surface area contributed by atoms with E-state index in [0.29, 0.717) is 35.0 Å². The third-order valence-corrected chi connectivity index (χ3v) is 3.86. The van der Waals surface area contributed by atoms with E-state index in [2.05, 4.69) is 10.3 Å². The van der Waals surface area contributed by atoms with Gasteiger partial charge < -0.3 is 16.2 Å². The summed E-state index contributed by atoms with van der Waals surface area (Å²) in [6.45, 7) is 0.461. The molecule has 0 unspecified atom stereocenters. The van der Waals surface area contributed by atoms with Crippen molar-refractivity contribution in [2.45, 2.75) is 6.42 Å². The maximum Gasteiger partial charge on any atom is 0.252 e. The molecule has 2 amide bonds. The Labute approximate surface area is 144 Å². The highest BCUT2D eigenvalue weighted by molar-refractivity contribution is 6.00. The minimum Gasteiger partial charge on any atom is -0.508 e. The molecule has 25 heavy (non-hydrogen) atoms. The van der Waals surface area contributed by atoms with E-state index in [9.17, 15) is 14.7 Å². The Morgan fingerprint density at radius 3 is 2.48 bits per heavy atom. The Hall–Kier alpha value is -3.41. The van der Waals surface area contributed by atoms with E-state index >= 15 is 0 Å². The standard InChI is InChI=1S/C19H17N3O3/c20-18(24)13-3-6-17-14(9-13)10-15(11-22-17)19(25)21-8-7-12-1-4-16(23)5-2-12/h1-6,9-11,23H,7-8H2,(H2,20,24)(H,21,25). The van der Waals surface area contributed by atoms with Crippen molar-refractivity contribution in [2.75, 3.05) is 6.54 Å². The van der Waals surface area contributed by atoms with Crippen LogP contribution in [0, 0.1) is 0 Å². The number of pyridine rings is 1. The van der Waals surface area contributed by atoms with Gasteiger partial charge in [-0.1, -0.05) is 12.1 Å². The fraction of sp³-hybridized carbons (Fsp3) is 0.105. The fourth-order valence-corrected chi connectivity index (χ4v) is 2.49. The van der Waals surface area contributed by atoms with E-state index in [1.54, 1.807) is 36.4 Å². The molecule has 6 nitrogen and oxygen atoms in total. The zero-order valence-corrected chi connectivity index (χ0v) is 13.4. The molecule has 126 valence electrons. The summed E-state index contributed by atoms with van der Waals surface area (Å²) in [7, 11) is 0. The van der Waals surface area contributed by atoms with Crippen molar-refractivity contribution in [1.29, 1.82) is 0 Å². The first-order chi connectivity index (χ1) is 12.0. The summed E-state index contributed by atoms with van der Waals surface area (Å²) in [5.41, 5.74) is 7.77. The van der Waals surface area contributed by atoms with E-state index in [-0.39, 0.29) is 11.7 Å². The summed E-state index contributed by atoms with van der Waals surface area (Å²) in [4.78, 5) is 27.8. The smallest absolute Gasteiger partial charge is 0.252 e. The highest BCUT2D eigenvalue weighted by Crippen LogP contribution is 2.15. The van der Waals surface area contributed by atoms with Gasteiger partial charge in [-0.15, -0.1) is 0 Å². The van der Waals surface area contributed by atoms with Crippen LogP contribution in [-0.4, -0.2) is 28.4 Å². The second-order valence-corrected chi connectivity index (χ2v) is 5.67. The van der Waals surface area contributed by atoms with Crippen LogP contribution in [-0.2, 0) is 6.42 Å². The van der Waals surface area contributed by atoms with Crippen molar-refractivity contribution in [2.24, 2.45) is 5.73 Å². The molecule has 0 saturated carbocycles. The molecule has 3 rings (SSSR count). The molecule has 3 aromatic rings. The van der Waals surface area contributed by atoms with Gasteiger partial charge in [-0.3, -0.25) is 14.6 Å². The van der Waals surface area contributed by atoms with Crippen LogP contribution in [0.25, 0.3) is 10.9 Å². The largest absolute Gasteiger partial charge is 0.508 e. The SMILES string of the molecule is NC(=O)c1ccc2ncc(C(=O)NCCc3ccc(O)cc3)cc2c1. The Morgan fingerprint density at radius 1 is 1.04 bits per heavy atom. The lowest BCUT2D eigenvalue weighted by molar-refractivity contribution is 0.0952. The van der Waals surface area contributed by atoms with Crippen LogP contribution < -0.4 is 11.1 Å². The van der Waals surface area contributed by atoms with Gasteiger partial charge in [-0.05, 0) is 48.4 Å².